The van der Waals surface area contributed by atoms with Crippen molar-refractivity contribution in [3.05, 3.63) is 30.3 Å². The molecule has 0 aliphatic heterocycles. The Morgan fingerprint density at radius 2 is 1.63 bits per heavy atom. The highest BCUT2D eigenvalue weighted by Gasteiger charge is 2.20. The number of carbonyl (C=O) groups excluding carboxylic acids is 2. The van der Waals surface area contributed by atoms with Crippen LogP contribution in [0, 0.1) is 0 Å². The number of rotatable bonds is 3. The Hall–Kier alpha value is -2.04. The monoisotopic (exact) mass is 261 g/mol. The summed E-state index contributed by atoms with van der Waals surface area (Å²) in [6.07, 6.45) is 5.38. The highest BCUT2D eigenvalue weighted by atomic mass is 16.2. The lowest BCUT2D eigenvalue weighted by atomic mass is 9.95. The van der Waals surface area contributed by atoms with Crippen LogP contribution in [0.4, 0.5) is 5.69 Å². The first kappa shape index (κ1) is 13.4. The molecule has 1 aliphatic rings. The molecule has 1 aromatic rings. The van der Waals surface area contributed by atoms with E-state index in [1.54, 1.807) is 12.1 Å². The second-order valence-corrected chi connectivity index (χ2v) is 4.75. The first-order valence-electron chi connectivity index (χ1n) is 6.67. The van der Waals surface area contributed by atoms with Gasteiger partial charge in [-0.2, -0.15) is 0 Å². The highest BCUT2D eigenvalue weighted by Crippen LogP contribution is 2.17. The van der Waals surface area contributed by atoms with Crippen molar-refractivity contribution in [3.8, 4) is 0 Å². The maximum Gasteiger partial charge on any atom is 0.327 e. The van der Waals surface area contributed by atoms with Gasteiger partial charge in [0.1, 0.15) is 0 Å². The standard InChI is InChI=1S/C14H19N3O2/c18-13(15-11-7-3-1-4-8-11)14(19)17-16-12-9-5-2-6-10-12/h2,5-6,9-11,16H,1,3-4,7-8H2,(H,15,18)(H,17,19). The van der Waals surface area contributed by atoms with Crippen molar-refractivity contribution in [1.82, 2.24) is 10.7 Å². The fraction of sp³-hybridized carbons (Fsp3) is 0.429. The third-order valence-corrected chi connectivity index (χ3v) is 3.24. The summed E-state index contributed by atoms with van der Waals surface area (Å²) in [7, 11) is 0. The van der Waals surface area contributed by atoms with Crippen LogP contribution in [0.2, 0.25) is 0 Å². The summed E-state index contributed by atoms with van der Waals surface area (Å²) in [5.41, 5.74) is 5.83. The molecule has 0 atom stereocenters. The molecule has 1 aliphatic carbocycles. The summed E-state index contributed by atoms with van der Waals surface area (Å²) in [4.78, 5) is 23.3. The number of para-hydroxylation sites is 1. The zero-order valence-corrected chi connectivity index (χ0v) is 10.8. The molecule has 0 spiro atoms. The van der Waals surface area contributed by atoms with Crippen molar-refractivity contribution in [3.63, 3.8) is 0 Å². The van der Waals surface area contributed by atoms with E-state index in [0.29, 0.717) is 0 Å². The fourth-order valence-electron chi connectivity index (χ4n) is 2.21. The predicted molar refractivity (Wildman–Crippen MR) is 73.2 cm³/mol. The Balaban J connectivity index is 1.74. The lowest BCUT2D eigenvalue weighted by molar-refractivity contribution is -0.139. The summed E-state index contributed by atoms with van der Waals surface area (Å²) < 4.78 is 0. The molecule has 5 nitrogen and oxygen atoms in total. The Morgan fingerprint density at radius 3 is 2.32 bits per heavy atom. The molecule has 2 rings (SSSR count). The molecular weight excluding hydrogens is 242 g/mol. The van der Waals surface area contributed by atoms with Gasteiger partial charge in [0.25, 0.3) is 0 Å². The normalized spacial score (nSPS) is 15.6. The van der Waals surface area contributed by atoms with Gasteiger partial charge in [-0.1, -0.05) is 37.5 Å². The molecule has 1 aromatic carbocycles. The number of carbonyl (C=O) groups is 2. The smallest absolute Gasteiger partial charge is 0.327 e. The maximum absolute atomic E-state index is 11.7. The minimum Gasteiger partial charge on any atom is -0.345 e. The molecular formula is C14H19N3O2. The van der Waals surface area contributed by atoms with E-state index in [-0.39, 0.29) is 6.04 Å². The van der Waals surface area contributed by atoms with Gasteiger partial charge < -0.3 is 5.32 Å². The van der Waals surface area contributed by atoms with Crippen LogP contribution in [-0.2, 0) is 9.59 Å². The molecule has 2 amide bonds. The molecule has 0 saturated heterocycles. The summed E-state index contributed by atoms with van der Waals surface area (Å²) in [6.45, 7) is 0. The molecule has 0 heterocycles. The molecule has 5 heteroatoms. The molecule has 0 aromatic heterocycles. The SMILES string of the molecule is O=C(NNc1ccccc1)C(=O)NC1CCCCC1. The molecule has 102 valence electrons. The Morgan fingerprint density at radius 1 is 0.947 bits per heavy atom. The molecule has 1 saturated carbocycles. The van der Waals surface area contributed by atoms with Crippen LogP contribution in [0.25, 0.3) is 0 Å². The van der Waals surface area contributed by atoms with Gasteiger partial charge in [0.15, 0.2) is 0 Å². The van der Waals surface area contributed by atoms with Gasteiger partial charge in [-0.3, -0.25) is 20.4 Å². The summed E-state index contributed by atoms with van der Waals surface area (Å²) in [6, 6.07) is 9.32. The van der Waals surface area contributed by atoms with Crippen molar-refractivity contribution in [2.24, 2.45) is 0 Å². The number of anilines is 1. The van der Waals surface area contributed by atoms with Gasteiger partial charge in [-0.25, -0.2) is 0 Å². The minimum absolute atomic E-state index is 0.142. The number of hydrogen-bond acceptors (Lipinski definition) is 3. The third-order valence-electron chi connectivity index (χ3n) is 3.24. The van der Waals surface area contributed by atoms with E-state index in [4.69, 9.17) is 0 Å². The predicted octanol–water partition coefficient (Wildman–Crippen LogP) is 1.58. The van der Waals surface area contributed by atoms with Crippen molar-refractivity contribution in [2.45, 2.75) is 38.1 Å². The molecule has 19 heavy (non-hydrogen) atoms. The van der Waals surface area contributed by atoms with E-state index in [1.165, 1.54) is 6.42 Å². The van der Waals surface area contributed by atoms with Crippen LogP contribution < -0.4 is 16.2 Å². The van der Waals surface area contributed by atoms with Crippen LogP contribution in [-0.4, -0.2) is 17.9 Å². The van der Waals surface area contributed by atoms with Crippen LogP contribution in [0.3, 0.4) is 0 Å². The largest absolute Gasteiger partial charge is 0.345 e. The first-order valence-corrected chi connectivity index (χ1v) is 6.67. The zero-order valence-electron chi connectivity index (χ0n) is 10.8. The number of amides is 2. The van der Waals surface area contributed by atoms with Crippen LogP contribution in [0.5, 0.6) is 0 Å². The number of nitrogens with one attached hydrogen (secondary N) is 3. The first-order chi connectivity index (χ1) is 9.25. The van der Waals surface area contributed by atoms with Gasteiger partial charge in [0, 0.05) is 6.04 Å². The summed E-state index contributed by atoms with van der Waals surface area (Å²) in [5.74, 6) is -1.23. The Bertz CT molecular complexity index is 428. The van der Waals surface area contributed by atoms with E-state index in [1.807, 2.05) is 18.2 Å². The Kier molecular flexibility index (Phi) is 4.78. The van der Waals surface area contributed by atoms with E-state index < -0.39 is 11.8 Å². The molecule has 3 N–H and O–H groups in total. The lowest BCUT2D eigenvalue weighted by Crippen LogP contribution is -2.46. The van der Waals surface area contributed by atoms with Crippen molar-refractivity contribution in [1.29, 1.82) is 0 Å². The zero-order chi connectivity index (χ0) is 13.5. The van der Waals surface area contributed by atoms with Gasteiger partial charge in [-0.05, 0) is 25.0 Å². The topological polar surface area (TPSA) is 70.2 Å². The van der Waals surface area contributed by atoms with E-state index >= 15 is 0 Å². The minimum atomic E-state index is -0.658. The highest BCUT2D eigenvalue weighted by molar-refractivity contribution is 6.35. The molecule has 0 bridgehead atoms. The number of hydrogen-bond donors (Lipinski definition) is 3. The second-order valence-electron chi connectivity index (χ2n) is 4.75. The van der Waals surface area contributed by atoms with E-state index in [2.05, 4.69) is 16.2 Å². The number of hydrazine groups is 1. The van der Waals surface area contributed by atoms with Gasteiger partial charge in [0.2, 0.25) is 0 Å². The second kappa shape index (κ2) is 6.78. The summed E-state index contributed by atoms with van der Waals surface area (Å²) >= 11 is 0. The van der Waals surface area contributed by atoms with Crippen molar-refractivity contribution in [2.75, 3.05) is 5.43 Å². The number of benzene rings is 1. The van der Waals surface area contributed by atoms with E-state index in [0.717, 1.165) is 31.4 Å². The van der Waals surface area contributed by atoms with Crippen LogP contribution >= 0.6 is 0 Å². The quantitative estimate of drug-likeness (QED) is 0.571. The van der Waals surface area contributed by atoms with Crippen LogP contribution in [0.15, 0.2) is 30.3 Å². The Labute approximate surface area is 112 Å². The average Bonchev–Trinajstić information content (AvgIpc) is 2.47. The van der Waals surface area contributed by atoms with Gasteiger partial charge in [0.05, 0.1) is 5.69 Å². The molecule has 0 unspecified atom stereocenters. The van der Waals surface area contributed by atoms with Gasteiger partial charge in [-0.15, -0.1) is 0 Å². The van der Waals surface area contributed by atoms with Crippen molar-refractivity contribution >= 4 is 17.5 Å². The van der Waals surface area contributed by atoms with E-state index in [9.17, 15) is 9.59 Å². The molecule has 1 fully saturated rings. The maximum atomic E-state index is 11.7. The summed E-state index contributed by atoms with van der Waals surface area (Å²) in [5, 5.41) is 2.76. The van der Waals surface area contributed by atoms with Crippen molar-refractivity contribution < 1.29 is 9.59 Å². The third kappa shape index (κ3) is 4.28. The molecule has 0 radical (unpaired) electrons. The average molecular weight is 261 g/mol. The lowest BCUT2D eigenvalue weighted by Gasteiger charge is -2.22. The van der Waals surface area contributed by atoms with Crippen LogP contribution in [0.1, 0.15) is 32.1 Å². The van der Waals surface area contributed by atoms with Gasteiger partial charge >= 0.3 is 11.8 Å². The fourth-order valence-corrected chi connectivity index (χ4v) is 2.21.